The monoisotopic (exact) mass is 190 g/mol. The van der Waals surface area contributed by atoms with Crippen molar-refractivity contribution in [3.05, 3.63) is 0 Å². The van der Waals surface area contributed by atoms with E-state index in [-0.39, 0.29) is 6.10 Å². The molecule has 0 aliphatic rings. The van der Waals surface area contributed by atoms with Crippen LogP contribution in [0.1, 0.15) is 52.9 Å². The normalized spacial score (nSPS) is 11.4. The van der Waals surface area contributed by atoms with Crippen molar-refractivity contribution in [2.75, 3.05) is 0 Å². The van der Waals surface area contributed by atoms with Crippen LogP contribution >= 0.6 is 0 Å². The van der Waals surface area contributed by atoms with E-state index in [2.05, 4.69) is 6.92 Å². The van der Waals surface area contributed by atoms with Crippen molar-refractivity contribution in [2.45, 2.75) is 59.0 Å². The number of hydrogen-bond acceptors (Lipinski definition) is 2. The highest BCUT2D eigenvalue weighted by Gasteiger charge is 1.97. The van der Waals surface area contributed by atoms with Gasteiger partial charge in [-0.05, 0) is 12.8 Å². The number of rotatable bonds is 5. The van der Waals surface area contributed by atoms with E-state index in [1.54, 1.807) is 0 Å². The number of carbonyl (C=O) groups is 1. The minimum atomic E-state index is -0.833. The van der Waals surface area contributed by atoms with Crippen LogP contribution in [0, 0.1) is 0 Å². The molecule has 0 saturated heterocycles. The molecule has 0 fully saturated rings. The van der Waals surface area contributed by atoms with Crippen molar-refractivity contribution in [1.82, 2.24) is 0 Å². The fraction of sp³-hybridized carbons (Fsp3) is 0.900. The Balaban J connectivity index is 0. The first-order valence-electron chi connectivity index (χ1n) is 4.92. The SMILES string of the molecule is CC(=O)O.CCCCCC(O)CC. The average Bonchev–Trinajstić information content (AvgIpc) is 2.03. The maximum absolute atomic E-state index is 9.08. The Hall–Kier alpha value is -0.570. The molecule has 1 atom stereocenters. The summed E-state index contributed by atoms with van der Waals surface area (Å²) in [7, 11) is 0. The molecule has 0 aromatic heterocycles. The second-order valence-electron chi connectivity index (χ2n) is 3.08. The summed E-state index contributed by atoms with van der Waals surface area (Å²) in [5.74, 6) is -0.833. The van der Waals surface area contributed by atoms with Crippen molar-refractivity contribution >= 4 is 5.97 Å². The molecular weight excluding hydrogens is 168 g/mol. The van der Waals surface area contributed by atoms with E-state index in [9.17, 15) is 0 Å². The van der Waals surface area contributed by atoms with Gasteiger partial charge in [0.1, 0.15) is 0 Å². The molecule has 0 aromatic carbocycles. The number of aliphatic carboxylic acids is 1. The van der Waals surface area contributed by atoms with Crippen molar-refractivity contribution in [3.8, 4) is 0 Å². The number of aliphatic hydroxyl groups excluding tert-OH is 1. The average molecular weight is 190 g/mol. The maximum atomic E-state index is 9.08. The van der Waals surface area contributed by atoms with E-state index >= 15 is 0 Å². The highest BCUT2D eigenvalue weighted by Crippen LogP contribution is 2.04. The minimum absolute atomic E-state index is 0.0449. The van der Waals surface area contributed by atoms with Gasteiger partial charge in [0.25, 0.3) is 5.97 Å². The van der Waals surface area contributed by atoms with Crippen LogP contribution in [0.3, 0.4) is 0 Å². The van der Waals surface area contributed by atoms with Crippen LogP contribution < -0.4 is 0 Å². The molecular formula is C10H22O3. The lowest BCUT2D eigenvalue weighted by atomic mass is 10.1. The quantitative estimate of drug-likeness (QED) is 0.654. The van der Waals surface area contributed by atoms with Crippen molar-refractivity contribution in [1.29, 1.82) is 0 Å². The van der Waals surface area contributed by atoms with Gasteiger partial charge in [0.05, 0.1) is 6.10 Å². The summed E-state index contributed by atoms with van der Waals surface area (Å²) in [6.07, 6.45) is 5.55. The molecule has 0 spiro atoms. The van der Waals surface area contributed by atoms with E-state index in [1.165, 1.54) is 19.3 Å². The van der Waals surface area contributed by atoms with Gasteiger partial charge in [0.15, 0.2) is 0 Å². The molecule has 0 radical (unpaired) electrons. The topological polar surface area (TPSA) is 57.5 Å². The summed E-state index contributed by atoms with van der Waals surface area (Å²) in [6.45, 7) is 5.29. The molecule has 0 aliphatic carbocycles. The van der Waals surface area contributed by atoms with E-state index in [0.717, 1.165) is 19.8 Å². The highest BCUT2D eigenvalue weighted by molar-refractivity contribution is 5.62. The second kappa shape index (κ2) is 11.4. The molecule has 80 valence electrons. The Kier molecular flexibility index (Phi) is 13.1. The molecule has 0 aromatic rings. The predicted molar refractivity (Wildman–Crippen MR) is 53.7 cm³/mol. The Bertz CT molecular complexity index is 109. The summed E-state index contributed by atoms with van der Waals surface area (Å²) in [5.41, 5.74) is 0. The standard InChI is InChI=1S/C8H18O.C2H4O2/c1-3-5-6-7-8(9)4-2;1-2(3)4/h8-9H,3-7H2,1-2H3;1H3,(H,3,4). The Morgan fingerprint density at radius 1 is 1.31 bits per heavy atom. The second-order valence-corrected chi connectivity index (χ2v) is 3.08. The van der Waals surface area contributed by atoms with Crippen LogP contribution in [0.5, 0.6) is 0 Å². The van der Waals surface area contributed by atoms with Crippen LogP contribution in [0.25, 0.3) is 0 Å². The van der Waals surface area contributed by atoms with Gasteiger partial charge >= 0.3 is 0 Å². The van der Waals surface area contributed by atoms with Crippen molar-refractivity contribution in [2.24, 2.45) is 0 Å². The third-order valence-electron chi connectivity index (χ3n) is 1.61. The molecule has 0 heterocycles. The molecule has 0 bridgehead atoms. The fourth-order valence-electron chi connectivity index (χ4n) is 0.834. The van der Waals surface area contributed by atoms with Gasteiger partial charge in [-0.3, -0.25) is 4.79 Å². The van der Waals surface area contributed by atoms with Gasteiger partial charge in [-0.15, -0.1) is 0 Å². The Labute approximate surface area is 80.8 Å². The van der Waals surface area contributed by atoms with E-state index in [1.807, 2.05) is 6.92 Å². The smallest absolute Gasteiger partial charge is 0.300 e. The zero-order valence-electron chi connectivity index (χ0n) is 8.92. The minimum Gasteiger partial charge on any atom is -0.481 e. The summed E-state index contributed by atoms with van der Waals surface area (Å²) in [6, 6.07) is 0. The van der Waals surface area contributed by atoms with Crippen molar-refractivity contribution < 1.29 is 15.0 Å². The molecule has 0 rings (SSSR count). The van der Waals surface area contributed by atoms with Gasteiger partial charge in [0.2, 0.25) is 0 Å². The number of unbranched alkanes of at least 4 members (excludes halogenated alkanes) is 2. The molecule has 3 heteroatoms. The first-order chi connectivity index (χ1) is 6.04. The predicted octanol–water partition coefficient (Wildman–Crippen LogP) is 2.43. The van der Waals surface area contributed by atoms with Gasteiger partial charge in [-0.1, -0.05) is 33.1 Å². The lowest BCUT2D eigenvalue weighted by Crippen LogP contribution is -2.02. The molecule has 13 heavy (non-hydrogen) atoms. The van der Waals surface area contributed by atoms with E-state index < -0.39 is 5.97 Å². The number of hydrogen-bond donors (Lipinski definition) is 2. The molecule has 3 nitrogen and oxygen atoms in total. The zero-order valence-corrected chi connectivity index (χ0v) is 8.92. The Morgan fingerprint density at radius 2 is 1.77 bits per heavy atom. The van der Waals surface area contributed by atoms with Crippen LogP contribution in [-0.4, -0.2) is 22.3 Å². The lowest BCUT2D eigenvalue weighted by molar-refractivity contribution is -0.134. The van der Waals surface area contributed by atoms with Crippen molar-refractivity contribution in [3.63, 3.8) is 0 Å². The van der Waals surface area contributed by atoms with Gasteiger partial charge < -0.3 is 10.2 Å². The maximum Gasteiger partial charge on any atom is 0.300 e. The van der Waals surface area contributed by atoms with Gasteiger partial charge in [-0.25, -0.2) is 0 Å². The largest absolute Gasteiger partial charge is 0.481 e. The molecule has 0 saturated carbocycles. The summed E-state index contributed by atoms with van der Waals surface area (Å²) < 4.78 is 0. The van der Waals surface area contributed by atoms with E-state index in [0.29, 0.717) is 0 Å². The van der Waals surface area contributed by atoms with Gasteiger partial charge in [0, 0.05) is 6.92 Å². The molecule has 2 N–H and O–H groups in total. The van der Waals surface area contributed by atoms with E-state index in [4.69, 9.17) is 15.0 Å². The lowest BCUT2D eigenvalue weighted by Gasteiger charge is -2.04. The Morgan fingerprint density at radius 3 is 2.08 bits per heavy atom. The number of carboxylic acids is 1. The third kappa shape index (κ3) is 24.6. The number of aliphatic hydroxyl groups is 1. The first kappa shape index (κ1) is 14.9. The van der Waals surface area contributed by atoms with Crippen LogP contribution in [0.15, 0.2) is 0 Å². The highest BCUT2D eigenvalue weighted by atomic mass is 16.4. The molecule has 0 amide bonds. The zero-order chi connectivity index (χ0) is 10.7. The summed E-state index contributed by atoms with van der Waals surface area (Å²) >= 11 is 0. The van der Waals surface area contributed by atoms with Crippen LogP contribution in [-0.2, 0) is 4.79 Å². The summed E-state index contributed by atoms with van der Waals surface area (Å²) in [5, 5.41) is 16.5. The number of carboxylic acid groups (broad SMARTS) is 1. The molecule has 0 aliphatic heterocycles. The third-order valence-corrected chi connectivity index (χ3v) is 1.61. The molecule has 1 unspecified atom stereocenters. The fourth-order valence-corrected chi connectivity index (χ4v) is 0.834. The van der Waals surface area contributed by atoms with Gasteiger partial charge in [-0.2, -0.15) is 0 Å². The van der Waals surface area contributed by atoms with Crippen LogP contribution in [0.4, 0.5) is 0 Å². The summed E-state index contributed by atoms with van der Waals surface area (Å²) in [4.78, 5) is 9.00. The first-order valence-corrected chi connectivity index (χ1v) is 4.92. The van der Waals surface area contributed by atoms with Crippen LogP contribution in [0.2, 0.25) is 0 Å².